The summed E-state index contributed by atoms with van der Waals surface area (Å²) in [7, 11) is 0. The second kappa shape index (κ2) is 7.42. The van der Waals surface area contributed by atoms with Crippen molar-refractivity contribution in [3.8, 4) is 0 Å². The number of aromatic nitrogens is 1. The maximum absolute atomic E-state index is 12.9. The van der Waals surface area contributed by atoms with Gasteiger partial charge in [-0.2, -0.15) is 0 Å². The van der Waals surface area contributed by atoms with Crippen LogP contribution in [0.4, 0.5) is 10.2 Å². The van der Waals surface area contributed by atoms with Crippen molar-refractivity contribution in [2.45, 2.75) is 25.7 Å². The van der Waals surface area contributed by atoms with Crippen LogP contribution in [-0.2, 0) is 9.59 Å². The van der Waals surface area contributed by atoms with E-state index >= 15 is 0 Å². The largest absolute Gasteiger partial charge is 0.355 e. The smallest absolute Gasteiger partial charge is 0.227 e. The number of hydrogen-bond donors (Lipinski definition) is 2. The van der Waals surface area contributed by atoms with Gasteiger partial charge in [0.2, 0.25) is 11.8 Å². The first kappa shape index (κ1) is 17.1. The molecule has 0 radical (unpaired) electrons. The predicted molar refractivity (Wildman–Crippen MR) is 92.5 cm³/mol. The normalized spacial score (nSPS) is 18.5. The Kier molecular flexibility index (Phi) is 5.07. The first-order valence-electron chi connectivity index (χ1n) is 8.29. The average molecular weight is 341 g/mol. The summed E-state index contributed by atoms with van der Waals surface area (Å²) < 4.78 is 12.9. The fourth-order valence-electron chi connectivity index (χ4n) is 2.81. The molecule has 130 valence electrons. The Morgan fingerprint density at radius 3 is 2.68 bits per heavy atom. The summed E-state index contributed by atoms with van der Waals surface area (Å²) in [6.07, 6.45) is 0.951. The molecule has 1 aliphatic rings. The van der Waals surface area contributed by atoms with Gasteiger partial charge in [0.05, 0.1) is 0 Å². The van der Waals surface area contributed by atoms with Crippen LogP contribution < -0.4 is 10.6 Å². The fourth-order valence-corrected chi connectivity index (χ4v) is 2.81. The first-order valence-corrected chi connectivity index (χ1v) is 8.29. The Morgan fingerprint density at radius 1 is 1.20 bits per heavy atom. The van der Waals surface area contributed by atoms with Gasteiger partial charge in [0.15, 0.2) is 0 Å². The van der Waals surface area contributed by atoms with E-state index in [1.54, 1.807) is 18.2 Å². The third-order valence-corrected chi connectivity index (χ3v) is 4.23. The number of halogens is 1. The summed E-state index contributed by atoms with van der Waals surface area (Å²) in [5.41, 5.74) is 1.80. The summed E-state index contributed by atoms with van der Waals surface area (Å²) in [6, 6.07) is 11.6. The van der Waals surface area contributed by atoms with Crippen molar-refractivity contribution in [1.82, 2.24) is 10.3 Å². The number of hydrogen-bond acceptors (Lipinski definition) is 3. The topological polar surface area (TPSA) is 71.1 Å². The molecule has 0 saturated heterocycles. The van der Waals surface area contributed by atoms with Crippen molar-refractivity contribution >= 4 is 17.6 Å². The van der Waals surface area contributed by atoms with Crippen molar-refractivity contribution in [3.63, 3.8) is 0 Å². The lowest BCUT2D eigenvalue weighted by molar-refractivity contribution is -0.122. The van der Waals surface area contributed by atoms with E-state index in [0.29, 0.717) is 5.82 Å². The number of nitrogens with zero attached hydrogens (tertiary/aromatic N) is 1. The number of rotatable bonds is 6. The quantitative estimate of drug-likeness (QED) is 0.849. The second-order valence-electron chi connectivity index (χ2n) is 6.25. The fraction of sp³-hybridized carbons (Fsp3) is 0.316. The molecule has 0 spiro atoms. The molecule has 0 unspecified atom stereocenters. The molecule has 6 heteroatoms. The second-order valence-corrected chi connectivity index (χ2v) is 6.25. The average Bonchev–Trinajstić information content (AvgIpc) is 3.36. The molecule has 2 aromatic rings. The molecule has 0 aliphatic heterocycles. The van der Waals surface area contributed by atoms with Gasteiger partial charge in [0, 0.05) is 24.6 Å². The van der Waals surface area contributed by atoms with Gasteiger partial charge < -0.3 is 10.6 Å². The zero-order chi connectivity index (χ0) is 17.8. The van der Waals surface area contributed by atoms with E-state index in [-0.39, 0.29) is 42.4 Å². The summed E-state index contributed by atoms with van der Waals surface area (Å²) >= 11 is 0. The van der Waals surface area contributed by atoms with Crippen molar-refractivity contribution in [1.29, 1.82) is 0 Å². The van der Waals surface area contributed by atoms with Crippen molar-refractivity contribution < 1.29 is 14.0 Å². The van der Waals surface area contributed by atoms with Gasteiger partial charge in [-0.25, -0.2) is 9.37 Å². The lowest BCUT2D eigenvalue weighted by Crippen LogP contribution is -2.29. The van der Waals surface area contributed by atoms with Crippen molar-refractivity contribution in [2.75, 3.05) is 11.9 Å². The predicted octanol–water partition coefficient (Wildman–Crippen LogP) is 2.78. The van der Waals surface area contributed by atoms with Gasteiger partial charge in [0.1, 0.15) is 11.6 Å². The molecule has 1 saturated carbocycles. The number of anilines is 1. The standard InChI is InChI=1S/C19H20FN3O2/c1-12-3-2-4-17(22-12)23-18(24)9-10-21-19(25)16-11-15(16)13-5-7-14(20)8-6-13/h2-8,15-16H,9-11H2,1H3,(H,21,25)(H,22,23,24)/t15-,16+/m0/s1. The van der Waals surface area contributed by atoms with Gasteiger partial charge in [-0.15, -0.1) is 0 Å². The van der Waals surface area contributed by atoms with Crippen LogP contribution in [-0.4, -0.2) is 23.3 Å². The SMILES string of the molecule is Cc1cccc(NC(=O)CCNC(=O)[C@@H]2C[C@H]2c2ccc(F)cc2)n1. The van der Waals surface area contributed by atoms with Gasteiger partial charge in [-0.05, 0) is 49.1 Å². The molecule has 1 aromatic carbocycles. The third kappa shape index (κ3) is 4.62. The molecule has 2 amide bonds. The molecular formula is C19H20FN3O2. The van der Waals surface area contributed by atoms with Gasteiger partial charge >= 0.3 is 0 Å². The zero-order valence-corrected chi connectivity index (χ0v) is 14.0. The number of amides is 2. The molecule has 25 heavy (non-hydrogen) atoms. The van der Waals surface area contributed by atoms with E-state index in [0.717, 1.165) is 17.7 Å². The van der Waals surface area contributed by atoms with Crippen LogP contribution >= 0.6 is 0 Å². The lowest BCUT2D eigenvalue weighted by atomic mass is 10.1. The van der Waals surface area contributed by atoms with Crippen LogP contribution in [0.1, 0.15) is 30.0 Å². The maximum Gasteiger partial charge on any atom is 0.227 e. The first-order chi connectivity index (χ1) is 12.0. The number of pyridine rings is 1. The molecule has 2 atom stereocenters. The summed E-state index contributed by atoms with van der Waals surface area (Å²) in [4.78, 5) is 28.2. The summed E-state index contributed by atoms with van der Waals surface area (Å²) in [6.45, 7) is 2.13. The number of carbonyl (C=O) groups excluding carboxylic acids is 2. The molecule has 1 fully saturated rings. The third-order valence-electron chi connectivity index (χ3n) is 4.23. The molecule has 3 rings (SSSR count). The summed E-state index contributed by atoms with van der Waals surface area (Å²) in [5.74, 6) is 0.0346. The molecule has 1 aromatic heterocycles. The van der Waals surface area contributed by atoms with Gasteiger partial charge in [0.25, 0.3) is 0 Å². The Morgan fingerprint density at radius 2 is 1.96 bits per heavy atom. The summed E-state index contributed by atoms with van der Waals surface area (Å²) in [5, 5.41) is 5.49. The highest BCUT2D eigenvalue weighted by Gasteiger charge is 2.43. The number of aryl methyl sites for hydroxylation is 1. The van der Waals surface area contributed by atoms with E-state index in [2.05, 4.69) is 15.6 Å². The van der Waals surface area contributed by atoms with Crippen LogP contribution in [0.2, 0.25) is 0 Å². The monoisotopic (exact) mass is 341 g/mol. The van der Waals surface area contributed by atoms with E-state index in [9.17, 15) is 14.0 Å². The van der Waals surface area contributed by atoms with Crippen LogP contribution in [0.25, 0.3) is 0 Å². The maximum atomic E-state index is 12.9. The van der Waals surface area contributed by atoms with Crippen molar-refractivity contribution in [3.05, 3.63) is 59.5 Å². The van der Waals surface area contributed by atoms with E-state index in [4.69, 9.17) is 0 Å². The highest BCUT2D eigenvalue weighted by atomic mass is 19.1. The molecular weight excluding hydrogens is 321 g/mol. The highest BCUT2D eigenvalue weighted by molar-refractivity contribution is 5.90. The Bertz CT molecular complexity index is 776. The Labute approximate surface area is 145 Å². The molecule has 1 heterocycles. The van der Waals surface area contributed by atoms with Gasteiger partial charge in [-0.1, -0.05) is 18.2 Å². The minimum Gasteiger partial charge on any atom is -0.355 e. The van der Waals surface area contributed by atoms with Gasteiger partial charge in [-0.3, -0.25) is 9.59 Å². The Balaban J connectivity index is 1.40. The number of carbonyl (C=O) groups is 2. The van der Waals surface area contributed by atoms with E-state index in [1.165, 1.54) is 12.1 Å². The lowest BCUT2D eigenvalue weighted by Gasteiger charge is -2.07. The van der Waals surface area contributed by atoms with Crippen LogP contribution in [0.15, 0.2) is 42.5 Å². The number of nitrogens with one attached hydrogen (secondary N) is 2. The number of benzene rings is 1. The molecule has 5 nitrogen and oxygen atoms in total. The van der Waals surface area contributed by atoms with Crippen LogP contribution in [0.3, 0.4) is 0 Å². The van der Waals surface area contributed by atoms with Crippen LogP contribution in [0, 0.1) is 18.7 Å². The van der Waals surface area contributed by atoms with Crippen molar-refractivity contribution in [2.24, 2.45) is 5.92 Å². The zero-order valence-electron chi connectivity index (χ0n) is 14.0. The molecule has 2 N–H and O–H groups in total. The minimum atomic E-state index is -0.278. The highest BCUT2D eigenvalue weighted by Crippen LogP contribution is 2.47. The van der Waals surface area contributed by atoms with Crippen LogP contribution in [0.5, 0.6) is 0 Å². The van der Waals surface area contributed by atoms with E-state index in [1.807, 2.05) is 19.1 Å². The Hall–Kier alpha value is -2.76. The van der Waals surface area contributed by atoms with E-state index < -0.39 is 0 Å². The molecule has 1 aliphatic carbocycles. The minimum absolute atomic E-state index is 0.0594. The molecule has 0 bridgehead atoms.